The summed E-state index contributed by atoms with van der Waals surface area (Å²) in [7, 11) is 0. The largest absolute Gasteiger partial charge is 0.488 e. The second-order valence-corrected chi connectivity index (χ2v) is 4.20. The Kier molecular flexibility index (Phi) is 2.98. The molecule has 3 aromatic rings. The van der Waals surface area contributed by atoms with Crippen molar-refractivity contribution < 1.29 is 4.74 Å². The molecular formula is C15H13N3O. The molecule has 4 heteroatoms. The number of nitrogens with zero attached hydrogens (tertiary/aromatic N) is 2. The lowest BCUT2D eigenvalue weighted by atomic mass is 10.1. The Bertz CT molecular complexity index is 698. The van der Waals surface area contributed by atoms with E-state index in [1.165, 1.54) is 0 Å². The van der Waals surface area contributed by atoms with Crippen LogP contribution in [0.25, 0.3) is 10.9 Å². The lowest BCUT2D eigenvalue weighted by molar-refractivity contribution is 0.310. The third kappa shape index (κ3) is 2.33. The van der Waals surface area contributed by atoms with Gasteiger partial charge in [-0.05, 0) is 42.0 Å². The van der Waals surface area contributed by atoms with E-state index < -0.39 is 0 Å². The van der Waals surface area contributed by atoms with E-state index >= 15 is 0 Å². The van der Waals surface area contributed by atoms with Crippen LogP contribution in [0, 0.1) is 0 Å². The first-order valence-corrected chi connectivity index (χ1v) is 5.99. The predicted molar refractivity (Wildman–Crippen MR) is 74.7 cm³/mol. The van der Waals surface area contributed by atoms with Gasteiger partial charge in [0.25, 0.3) is 0 Å². The average molecular weight is 251 g/mol. The van der Waals surface area contributed by atoms with Crippen LogP contribution in [0.15, 0.2) is 55.0 Å². The third-order valence-corrected chi connectivity index (χ3v) is 2.90. The molecule has 0 saturated carbocycles. The van der Waals surface area contributed by atoms with Crippen LogP contribution in [0.2, 0.25) is 0 Å². The lowest BCUT2D eigenvalue weighted by Crippen LogP contribution is -1.97. The van der Waals surface area contributed by atoms with Gasteiger partial charge in [0, 0.05) is 24.0 Å². The number of anilines is 1. The molecule has 0 unspecified atom stereocenters. The van der Waals surface area contributed by atoms with Crippen molar-refractivity contribution in [3.63, 3.8) is 0 Å². The zero-order chi connectivity index (χ0) is 13.1. The summed E-state index contributed by atoms with van der Waals surface area (Å²) in [4.78, 5) is 8.26. The van der Waals surface area contributed by atoms with Gasteiger partial charge in [-0.25, -0.2) is 0 Å². The zero-order valence-corrected chi connectivity index (χ0v) is 10.3. The molecule has 0 amide bonds. The summed E-state index contributed by atoms with van der Waals surface area (Å²) in [5.41, 5.74) is 8.41. The molecule has 2 N–H and O–H groups in total. The molecule has 94 valence electrons. The Morgan fingerprint density at radius 3 is 2.68 bits per heavy atom. The molecule has 1 aromatic carbocycles. The minimum Gasteiger partial charge on any atom is -0.488 e. The summed E-state index contributed by atoms with van der Waals surface area (Å²) in [6.07, 6.45) is 5.23. The molecule has 0 bridgehead atoms. The summed E-state index contributed by atoms with van der Waals surface area (Å²) >= 11 is 0. The third-order valence-electron chi connectivity index (χ3n) is 2.90. The van der Waals surface area contributed by atoms with Crippen LogP contribution in [0.4, 0.5) is 5.69 Å². The molecule has 0 aliphatic heterocycles. The molecule has 19 heavy (non-hydrogen) atoms. The normalized spacial score (nSPS) is 10.5. The van der Waals surface area contributed by atoms with Gasteiger partial charge in [-0.3, -0.25) is 9.97 Å². The van der Waals surface area contributed by atoms with Crippen molar-refractivity contribution in [2.45, 2.75) is 6.61 Å². The Morgan fingerprint density at radius 2 is 1.84 bits per heavy atom. The molecule has 3 rings (SSSR count). The number of benzene rings is 1. The van der Waals surface area contributed by atoms with E-state index in [4.69, 9.17) is 10.5 Å². The number of nitrogen functional groups attached to an aromatic ring is 1. The molecule has 0 saturated heterocycles. The predicted octanol–water partition coefficient (Wildman–Crippen LogP) is 2.79. The SMILES string of the molecule is Nc1ccc(OCc2ccncc2)c2cccnc12. The highest BCUT2D eigenvalue weighted by atomic mass is 16.5. The topological polar surface area (TPSA) is 61.0 Å². The maximum atomic E-state index is 5.91. The number of ether oxygens (including phenoxy) is 1. The summed E-state index contributed by atoms with van der Waals surface area (Å²) < 4.78 is 5.84. The summed E-state index contributed by atoms with van der Waals surface area (Å²) in [6.45, 7) is 0.496. The first kappa shape index (κ1) is 11.5. The Morgan fingerprint density at radius 1 is 1.00 bits per heavy atom. The number of rotatable bonds is 3. The van der Waals surface area contributed by atoms with Gasteiger partial charge in [-0.1, -0.05) is 0 Å². The molecule has 0 spiro atoms. The van der Waals surface area contributed by atoms with Gasteiger partial charge in [0.15, 0.2) is 0 Å². The number of fused-ring (bicyclic) bond motifs is 1. The van der Waals surface area contributed by atoms with E-state index in [0.29, 0.717) is 12.3 Å². The van der Waals surface area contributed by atoms with Crippen LogP contribution in [0.1, 0.15) is 5.56 Å². The minimum atomic E-state index is 0.496. The smallest absolute Gasteiger partial charge is 0.129 e. The van der Waals surface area contributed by atoms with Gasteiger partial charge in [0.2, 0.25) is 0 Å². The highest BCUT2D eigenvalue weighted by Gasteiger charge is 2.05. The van der Waals surface area contributed by atoms with Crippen LogP contribution in [0.3, 0.4) is 0 Å². The highest BCUT2D eigenvalue weighted by molar-refractivity contribution is 5.93. The molecule has 0 radical (unpaired) electrons. The summed E-state index contributed by atoms with van der Waals surface area (Å²) in [5, 5.41) is 0.927. The zero-order valence-electron chi connectivity index (χ0n) is 10.3. The van der Waals surface area contributed by atoms with Crippen molar-refractivity contribution in [3.8, 4) is 5.75 Å². The van der Waals surface area contributed by atoms with Crippen molar-refractivity contribution in [1.29, 1.82) is 0 Å². The lowest BCUT2D eigenvalue weighted by Gasteiger charge is -2.10. The first-order chi connectivity index (χ1) is 9.34. The number of hydrogen-bond acceptors (Lipinski definition) is 4. The van der Waals surface area contributed by atoms with Crippen LogP contribution in [0.5, 0.6) is 5.75 Å². The number of nitrogens with two attached hydrogens (primary N) is 1. The van der Waals surface area contributed by atoms with E-state index in [-0.39, 0.29) is 0 Å². The average Bonchev–Trinajstić information content (AvgIpc) is 2.48. The van der Waals surface area contributed by atoms with Crippen LogP contribution in [-0.2, 0) is 6.61 Å². The fraction of sp³-hybridized carbons (Fsp3) is 0.0667. The van der Waals surface area contributed by atoms with Crippen molar-refractivity contribution in [2.24, 2.45) is 0 Å². The van der Waals surface area contributed by atoms with Gasteiger partial charge >= 0.3 is 0 Å². The Balaban J connectivity index is 1.91. The monoisotopic (exact) mass is 251 g/mol. The van der Waals surface area contributed by atoms with E-state index in [2.05, 4.69) is 9.97 Å². The van der Waals surface area contributed by atoms with E-state index in [0.717, 1.165) is 22.2 Å². The fourth-order valence-corrected chi connectivity index (χ4v) is 1.93. The van der Waals surface area contributed by atoms with E-state index in [1.807, 2.05) is 36.4 Å². The quantitative estimate of drug-likeness (QED) is 0.727. The first-order valence-electron chi connectivity index (χ1n) is 5.99. The molecule has 0 aliphatic rings. The number of aromatic nitrogens is 2. The van der Waals surface area contributed by atoms with Gasteiger partial charge in [-0.15, -0.1) is 0 Å². The van der Waals surface area contributed by atoms with Crippen molar-refractivity contribution in [2.75, 3.05) is 5.73 Å². The molecular weight excluding hydrogens is 238 g/mol. The van der Waals surface area contributed by atoms with E-state index in [1.54, 1.807) is 18.6 Å². The van der Waals surface area contributed by atoms with Crippen LogP contribution < -0.4 is 10.5 Å². The highest BCUT2D eigenvalue weighted by Crippen LogP contribution is 2.28. The molecule has 0 fully saturated rings. The summed E-state index contributed by atoms with van der Waals surface area (Å²) in [6, 6.07) is 11.4. The number of hydrogen-bond donors (Lipinski definition) is 1. The molecule has 0 aliphatic carbocycles. The Hall–Kier alpha value is -2.62. The maximum Gasteiger partial charge on any atom is 0.129 e. The van der Waals surface area contributed by atoms with Crippen molar-refractivity contribution >= 4 is 16.6 Å². The minimum absolute atomic E-state index is 0.496. The van der Waals surface area contributed by atoms with Crippen LogP contribution >= 0.6 is 0 Å². The van der Waals surface area contributed by atoms with Gasteiger partial charge in [-0.2, -0.15) is 0 Å². The van der Waals surface area contributed by atoms with Crippen molar-refractivity contribution in [3.05, 3.63) is 60.6 Å². The standard InChI is InChI=1S/C15H13N3O/c16-13-3-4-14(12-2-1-7-18-15(12)13)19-10-11-5-8-17-9-6-11/h1-9H,10,16H2. The van der Waals surface area contributed by atoms with Gasteiger partial charge < -0.3 is 10.5 Å². The van der Waals surface area contributed by atoms with Crippen LogP contribution in [-0.4, -0.2) is 9.97 Å². The van der Waals surface area contributed by atoms with Crippen molar-refractivity contribution in [1.82, 2.24) is 9.97 Å². The molecule has 2 aromatic heterocycles. The second kappa shape index (κ2) is 4.94. The van der Waals surface area contributed by atoms with Gasteiger partial charge in [0.05, 0.1) is 11.2 Å². The van der Waals surface area contributed by atoms with E-state index in [9.17, 15) is 0 Å². The summed E-state index contributed by atoms with van der Waals surface area (Å²) in [5.74, 6) is 0.786. The van der Waals surface area contributed by atoms with Gasteiger partial charge in [0.1, 0.15) is 12.4 Å². The molecule has 0 atom stereocenters. The second-order valence-electron chi connectivity index (χ2n) is 4.20. The Labute approximate surface area is 110 Å². The fourth-order valence-electron chi connectivity index (χ4n) is 1.93. The number of pyridine rings is 2. The molecule has 2 heterocycles. The maximum absolute atomic E-state index is 5.91. The molecule has 4 nitrogen and oxygen atoms in total.